The third-order valence-corrected chi connectivity index (χ3v) is 15.7. The second-order valence-corrected chi connectivity index (χ2v) is 19.6. The molecule has 6 aliphatic rings. The third-order valence-electron chi connectivity index (χ3n) is 15.7. The number of ether oxygens (including phenoxy) is 4. The van der Waals surface area contributed by atoms with Gasteiger partial charge in [0.05, 0.1) is 37.1 Å². The van der Waals surface area contributed by atoms with E-state index in [1.165, 1.54) is 5.57 Å². The van der Waals surface area contributed by atoms with Crippen LogP contribution in [0.15, 0.2) is 11.6 Å². The van der Waals surface area contributed by atoms with E-state index >= 15 is 0 Å². The van der Waals surface area contributed by atoms with Gasteiger partial charge in [-0.1, -0.05) is 39.3 Å². The molecule has 0 spiro atoms. The van der Waals surface area contributed by atoms with Gasteiger partial charge < -0.3 is 70.0 Å². The highest BCUT2D eigenvalue weighted by Crippen LogP contribution is 2.71. The van der Waals surface area contributed by atoms with Crippen LogP contribution in [0.4, 0.5) is 0 Å². The summed E-state index contributed by atoms with van der Waals surface area (Å²) in [5.41, 5.74) is -1.26. The molecule has 6 rings (SSSR count). The standard InChI is InChI=1S/C41H70O14/c1-19(2)9-8-12-41(7,51)20-10-13-39(5)22-16-24(35-38(3,4)27(45)11-14-40(35,6)21(22)15-23(44)28(20)39)52-37-34(32(49)30(47)26(18-43)54-37)55-36-33(50)31(48)29(46)25(17-42)53-36/h9,20-37,42-51H,8,10-18H2,1-7H3/t20?,21?,22?,23-,24+,25+,26+,27?,28+,29+,30+,31-,32-,33+,34+,35?,36-,37+,39+,40+,41?/m0/s1. The van der Waals surface area contributed by atoms with Crippen LogP contribution in [0.2, 0.25) is 0 Å². The van der Waals surface area contributed by atoms with Crippen LogP contribution in [-0.2, 0) is 18.9 Å². The van der Waals surface area contributed by atoms with E-state index in [-0.39, 0.29) is 35.0 Å². The Morgan fingerprint density at radius 2 is 1.33 bits per heavy atom. The molecule has 6 fully saturated rings. The van der Waals surface area contributed by atoms with Crippen molar-refractivity contribution in [3.63, 3.8) is 0 Å². The summed E-state index contributed by atoms with van der Waals surface area (Å²) in [5.74, 6) is -0.458. The van der Waals surface area contributed by atoms with Gasteiger partial charge in [-0.2, -0.15) is 0 Å². The van der Waals surface area contributed by atoms with Gasteiger partial charge in [-0.15, -0.1) is 0 Å². The van der Waals surface area contributed by atoms with E-state index in [9.17, 15) is 51.1 Å². The summed E-state index contributed by atoms with van der Waals surface area (Å²) >= 11 is 0. The van der Waals surface area contributed by atoms with E-state index in [0.29, 0.717) is 32.1 Å². The zero-order valence-electron chi connectivity index (χ0n) is 33.6. The van der Waals surface area contributed by atoms with E-state index in [4.69, 9.17) is 18.9 Å². The Kier molecular flexibility index (Phi) is 12.7. The zero-order valence-corrected chi connectivity index (χ0v) is 33.6. The fourth-order valence-electron chi connectivity index (χ4n) is 12.8. The first-order valence-corrected chi connectivity index (χ1v) is 20.6. The predicted molar refractivity (Wildman–Crippen MR) is 198 cm³/mol. The maximum atomic E-state index is 12.1. The van der Waals surface area contributed by atoms with E-state index in [1.54, 1.807) is 0 Å². The lowest BCUT2D eigenvalue weighted by atomic mass is 9.39. The van der Waals surface area contributed by atoms with Crippen LogP contribution in [-0.4, -0.2) is 150 Å². The number of allylic oxidation sites excluding steroid dienone is 2. The van der Waals surface area contributed by atoms with E-state index in [0.717, 1.165) is 19.3 Å². The third kappa shape index (κ3) is 7.51. The summed E-state index contributed by atoms with van der Waals surface area (Å²) in [5, 5.41) is 110. The van der Waals surface area contributed by atoms with Crippen molar-refractivity contribution < 1.29 is 70.0 Å². The number of hydrogen-bond acceptors (Lipinski definition) is 14. The second-order valence-electron chi connectivity index (χ2n) is 19.6. The molecule has 14 nitrogen and oxygen atoms in total. The van der Waals surface area contributed by atoms with Gasteiger partial charge in [0.25, 0.3) is 0 Å². The van der Waals surface area contributed by atoms with E-state index in [1.807, 2.05) is 34.6 Å². The molecule has 2 saturated heterocycles. The summed E-state index contributed by atoms with van der Waals surface area (Å²) < 4.78 is 24.8. The summed E-state index contributed by atoms with van der Waals surface area (Å²) in [6.45, 7) is 13.2. The van der Waals surface area contributed by atoms with Gasteiger partial charge in [0.1, 0.15) is 48.8 Å². The highest BCUT2D eigenvalue weighted by molar-refractivity contribution is 5.18. The van der Waals surface area contributed by atoms with Gasteiger partial charge in [0, 0.05) is 0 Å². The monoisotopic (exact) mass is 786 g/mol. The van der Waals surface area contributed by atoms with Gasteiger partial charge in [0.2, 0.25) is 0 Å². The van der Waals surface area contributed by atoms with Crippen molar-refractivity contribution in [2.24, 2.45) is 45.8 Å². The fraction of sp³-hybridized carbons (Fsp3) is 0.951. The first-order chi connectivity index (χ1) is 25.6. The Balaban J connectivity index is 1.35. The molecule has 14 heteroatoms. The molecular weight excluding hydrogens is 716 g/mol. The van der Waals surface area contributed by atoms with Crippen molar-refractivity contribution in [2.75, 3.05) is 13.2 Å². The quantitative estimate of drug-likeness (QED) is 0.109. The number of aliphatic hydroxyl groups excluding tert-OH is 9. The lowest BCUT2D eigenvalue weighted by Crippen LogP contribution is -2.68. The van der Waals surface area contributed by atoms with Gasteiger partial charge >= 0.3 is 0 Å². The highest BCUT2D eigenvalue weighted by Gasteiger charge is 2.69. The minimum atomic E-state index is -1.80. The van der Waals surface area contributed by atoms with Crippen molar-refractivity contribution in [2.45, 2.75) is 185 Å². The number of aliphatic hydroxyl groups is 10. The van der Waals surface area contributed by atoms with Gasteiger partial charge in [-0.25, -0.2) is 0 Å². The molecule has 0 amide bonds. The van der Waals surface area contributed by atoms with Crippen LogP contribution in [0, 0.1) is 45.8 Å². The summed E-state index contributed by atoms with van der Waals surface area (Å²) in [7, 11) is 0. The summed E-state index contributed by atoms with van der Waals surface area (Å²) in [6.07, 6.45) is -10.3. The summed E-state index contributed by atoms with van der Waals surface area (Å²) in [4.78, 5) is 0. The first-order valence-electron chi connectivity index (χ1n) is 20.6. The molecule has 4 saturated carbocycles. The molecule has 0 aromatic rings. The van der Waals surface area contributed by atoms with Crippen LogP contribution in [0.3, 0.4) is 0 Å². The van der Waals surface area contributed by atoms with E-state index in [2.05, 4.69) is 19.9 Å². The molecule has 6 unspecified atom stereocenters. The van der Waals surface area contributed by atoms with Gasteiger partial charge in [0.15, 0.2) is 12.6 Å². The molecule has 21 atom stereocenters. The normalized spacial score (nSPS) is 52.0. The molecule has 0 aromatic heterocycles. The molecule has 2 heterocycles. The molecule has 0 radical (unpaired) electrons. The van der Waals surface area contributed by atoms with Crippen molar-refractivity contribution >= 4 is 0 Å². The Morgan fingerprint density at radius 1 is 0.745 bits per heavy atom. The average molecular weight is 787 g/mol. The average Bonchev–Trinajstić information content (AvgIpc) is 3.50. The number of fused-ring (bicyclic) bond motifs is 5. The van der Waals surface area contributed by atoms with Crippen LogP contribution >= 0.6 is 0 Å². The zero-order chi connectivity index (χ0) is 40.6. The van der Waals surface area contributed by atoms with E-state index < -0.39 is 109 Å². The lowest BCUT2D eigenvalue weighted by Gasteiger charge is -2.68. The van der Waals surface area contributed by atoms with Crippen LogP contribution < -0.4 is 0 Å². The second kappa shape index (κ2) is 16.0. The number of rotatable bonds is 10. The Hall–Kier alpha value is -0.820. The largest absolute Gasteiger partial charge is 0.394 e. The lowest BCUT2D eigenvalue weighted by molar-refractivity contribution is -0.380. The molecule has 2 aliphatic heterocycles. The highest BCUT2D eigenvalue weighted by atomic mass is 16.8. The van der Waals surface area contributed by atoms with Crippen molar-refractivity contribution in [3.05, 3.63) is 11.6 Å². The molecule has 0 bridgehead atoms. The smallest absolute Gasteiger partial charge is 0.187 e. The molecule has 55 heavy (non-hydrogen) atoms. The van der Waals surface area contributed by atoms with Crippen LogP contribution in [0.5, 0.6) is 0 Å². The molecule has 318 valence electrons. The Labute approximate surface area is 325 Å². The maximum Gasteiger partial charge on any atom is 0.187 e. The van der Waals surface area contributed by atoms with Crippen molar-refractivity contribution in [1.29, 1.82) is 0 Å². The maximum absolute atomic E-state index is 12.1. The van der Waals surface area contributed by atoms with Crippen molar-refractivity contribution in [3.8, 4) is 0 Å². The first kappa shape index (κ1) is 43.8. The fourth-order valence-corrected chi connectivity index (χ4v) is 12.8. The predicted octanol–water partition coefficient (Wildman–Crippen LogP) is 0.730. The van der Waals surface area contributed by atoms with Crippen molar-refractivity contribution in [1.82, 2.24) is 0 Å². The molecule has 4 aliphatic carbocycles. The Morgan fingerprint density at radius 3 is 1.95 bits per heavy atom. The van der Waals surface area contributed by atoms with Crippen LogP contribution in [0.1, 0.15) is 99.8 Å². The van der Waals surface area contributed by atoms with Gasteiger partial charge in [-0.05, 0) is 118 Å². The summed E-state index contributed by atoms with van der Waals surface area (Å²) in [6, 6.07) is 0. The molecular formula is C41H70O14. The molecule has 0 aromatic carbocycles. The Bertz CT molecular complexity index is 1350. The topological polar surface area (TPSA) is 239 Å². The minimum Gasteiger partial charge on any atom is -0.394 e. The number of hydrogen-bond donors (Lipinski definition) is 10. The molecule has 10 N–H and O–H groups in total. The minimum absolute atomic E-state index is 0.0364. The SMILES string of the molecule is CC(C)=CCCC(C)(O)C1CC[C@]2(C)C3C[C@@H](O[C@@H]4O[C@H](CO)[C@@H](O)[C@H](O)[C@H]4O[C@@H]4O[C@H](CO)[C@@H](O)[C@H](O)[C@H]4O)C4C(C)(C)C(O)CC[C@]4(C)C3C[C@H](O)[C@@H]12. The van der Waals surface area contributed by atoms with Crippen LogP contribution in [0.25, 0.3) is 0 Å². The van der Waals surface area contributed by atoms with Gasteiger partial charge in [-0.3, -0.25) is 0 Å².